The van der Waals surface area contributed by atoms with Crippen LogP contribution >= 0.6 is 0 Å². The van der Waals surface area contributed by atoms with Crippen molar-refractivity contribution >= 4 is 11.9 Å². The summed E-state index contributed by atoms with van der Waals surface area (Å²) in [5.74, 6) is -0.561. The number of hydrogen-bond donors (Lipinski definition) is 3. The summed E-state index contributed by atoms with van der Waals surface area (Å²) in [6.45, 7) is 6.31. The third-order valence-corrected chi connectivity index (χ3v) is 11.6. The Hall–Kier alpha value is -2.96. The highest BCUT2D eigenvalue weighted by Crippen LogP contribution is 2.17. The van der Waals surface area contributed by atoms with Crippen molar-refractivity contribution in [3.63, 3.8) is 0 Å². The van der Waals surface area contributed by atoms with Gasteiger partial charge in [-0.3, -0.25) is 9.59 Å². The third kappa shape index (κ3) is 45.4. The van der Waals surface area contributed by atoms with E-state index in [0.717, 1.165) is 64.2 Å². The SMILES string of the molecule is CC\C=C/C=C/C=C/C=C\C=C\C=C\CCCC(CC(=O)NC(CO)C(O)CCCCCCCCCCCCCCC)OC(=O)CCCCCCC/C=C/CCCCCCCCC. The van der Waals surface area contributed by atoms with Gasteiger partial charge in [-0.2, -0.15) is 0 Å². The third-order valence-electron chi connectivity index (χ3n) is 11.6. The zero-order valence-corrected chi connectivity index (χ0v) is 41.2. The van der Waals surface area contributed by atoms with Gasteiger partial charge in [0.25, 0.3) is 0 Å². The first kappa shape index (κ1) is 60.0. The number of rotatable bonds is 46. The summed E-state index contributed by atoms with van der Waals surface area (Å²) in [7, 11) is 0. The Morgan fingerprint density at radius 2 is 0.889 bits per heavy atom. The van der Waals surface area contributed by atoms with Gasteiger partial charge < -0.3 is 20.3 Å². The van der Waals surface area contributed by atoms with Crippen LogP contribution in [0.4, 0.5) is 0 Å². The number of allylic oxidation sites excluding steroid dienone is 14. The van der Waals surface area contributed by atoms with Crippen LogP contribution in [0.25, 0.3) is 0 Å². The molecule has 3 atom stereocenters. The van der Waals surface area contributed by atoms with E-state index in [-0.39, 0.29) is 24.9 Å². The molecule has 0 radical (unpaired) electrons. The van der Waals surface area contributed by atoms with E-state index in [1.165, 1.54) is 128 Å². The van der Waals surface area contributed by atoms with Crippen LogP contribution in [0.5, 0.6) is 0 Å². The highest BCUT2D eigenvalue weighted by atomic mass is 16.5. The molecule has 63 heavy (non-hydrogen) atoms. The van der Waals surface area contributed by atoms with Gasteiger partial charge in [0, 0.05) is 6.42 Å². The van der Waals surface area contributed by atoms with E-state index in [4.69, 9.17) is 4.74 Å². The second-order valence-electron chi connectivity index (χ2n) is 17.7. The fourth-order valence-electron chi connectivity index (χ4n) is 7.64. The molecule has 6 heteroatoms. The van der Waals surface area contributed by atoms with E-state index in [9.17, 15) is 19.8 Å². The normalized spacial score (nSPS) is 13.9. The van der Waals surface area contributed by atoms with Gasteiger partial charge in [-0.25, -0.2) is 0 Å². The monoisotopic (exact) mass is 878 g/mol. The van der Waals surface area contributed by atoms with Gasteiger partial charge >= 0.3 is 5.97 Å². The van der Waals surface area contributed by atoms with Crippen LogP contribution < -0.4 is 5.32 Å². The lowest BCUT2D eigenvalue weighted by atomic mass is 10.0. The number of aliphatic hydroxyl groups excluding tert-OH is 2. The van der Waals surface area contributed by atoms with Crippen LogP contribution in [0.2, 0.25) is 0 Å². The summed E-state index contributed by atoms with van der Waals surface area (Å²) < 4.78 is 5.90. The number of unbranched alkanes of at least 4 members (excludes halogenated alkanes) is 25. The van der Waals surface area contributed by atoms with E-state index in [0.29, 0.717) is 19.3 Å². The van der Waals surface area contributed by atoms with E-state index < -0.39 is 18.2 Å². The molecule has 0 heterocycles. The number of amides is 1. The molecule has 0 aliphatic rings. The van der Waals surface area contributed by atoms with Crippen molar-refractivity contribution in [3.05, 3.63) is 85.1 Å². The minimum atomic E-state index is -0.813. The molecule has 0 rings (SSSR count). The van der Waals surface area contributed by atoms with Crippen molar-refractivity contribution in [3.8, 4) is 0 Å². The summed E-state index contributed by atoms with van der Waals surface area (Å²) in [6, 6.07) is -0.731. The van der Waals surface area contributed by atoms with Gasteiger partial charge in [0.2, 0.25) is 5.91 Å². The minimum absolute atomic E-state index is 0.0200. The molecule has 0 fully saturated rings. The molecule has 0 saturated carbocycles. The second kappa shape index (κ2) is 50.0. The topological polar surface area (TPSA) is 95.9 Å². The van der Waals surface area contributed by atoms with Crippen LogP contribution in [0.15, 0.2) is 85.1 Å². The van der Waals surface area contributed by atoms with E-state index in [2.05, 4.69) is 50.4 Å². The Morgan fingerprint density at radius 3 is 1.37 bits per heavy atom. The first-order valence-electron chi connectivity index (χ1n) is 26.4. The molecule has 0 aromatic rings. The fraction of sp³-hybridized carbons (Fsp3) is 0.719. The molecule has 0 spiro atoms. The number of carbonyl (C=O) groups excluding carboxylic acids is 2. The molecule has 1 amide bonds. The van der Waals surface area contributed by atoms with Crippen molar-refractivity contribution in [2.24, 2.45) is 0 Å². The lowest BCUT2D eigenvalue weighted by Gasteiger charge is -2.24. The Kier molecular flexibility index (Phi) is 47.7. The highest BCUT2D eigenvalue weighted by molar-refractivity contribution is 5.77. The van der Waals surface area contributed by atoms with Crippen molar-refractivity contribution in [2.45, 2.75) is 257 Å². The standard InChI is InChI=1S/C57H99NO5/c1-4-7-10-13-16-19-22-25-27-29-32-35-38-41-44-47-50-57(62)63-53(48-45-42-39-36-33-31-28-26-23-20-17-14-11-8-5-2)51-56(61)58-54(52-59)55(60)49-46-43-40-37-34-30-24-21-18-15-12-9-6-3/h8,11,14,17,20,23,26-29,31,33,36,39,53-55,59-60H,4-7,9-10,12-13,15-16,18-19,21-22,24-25,30,32,34-35,37-38,40-52H2,1-3H3,(H,58,61)/b11-8-,17-14+,23-20+,28-26-,29-27+,33-31+,39-36+. The van der Waals surface area contributed by atoms with Crippen LogP contribution in [0.1, 0.15) is 239 Å². The van der Waals surface area contributed by atoms with E-state index >= 15 is 0 Å². The first-order chi connectivity index (χ1) is 31.0. The van der Waals surface area contributed by atoms with Crippen LogP contribution in [0.3, 0.4) is 0 Å². The summed E-state index contributed by atoms with van der Waals surface area (Å²) >= 11 is 0. The predicted molar refractivity (Wildman–Crippen MR) is 273 cm³/mol. The van der Waals surface area contributed by atoms with Gasteiger partial charge in [-0.15, -0.1) is 0 Å². The lowest BCUT2D eigenvalue weighted by Crippen LogP contribution is -2.46. The molecule has 0 bridgehead atoms. The van der Waals surface area contributed by atoms with Crippen molar-refractivity contribution in [1.29, 1.82) is 0 Å². The van der Waals surface area contributed by atoms with Gasteiger partial charge in [-0.05, 0) is 64.2 Å². The van der Waals surface area contributed by atoms with E-state index in [1.807, 2.05) is 60.8 Å². The molecule has 0 aliphatic heterocycles. The smallest absolute Gasteiger partial charge is 0.306 e. The molecule has 0 aliphatic carbocycles. The Morgan fingerprint density at radius 1 is 0.476 bits per heavy atom. The van der Waals surface area contributed by atoms with Gasteiger partial charge in [0.05, 0.1) is 25.2 Å². The number of esters is 1. The maximum Gasteiger partial charge on any atom is 0.306 e. The second-order valence-corrected chi connectivity index (χ2v) is 17.7. The number of hydrogen-bond acceptors (Lipinski definition) is 5. The lowest BCUT2D eigenvalue weighted by molar-refractivity contribution is -0.151. The van der Waals surface area contributed by atoms with Crippen molar-refractivity contribution in [1.82, 2.24) is 5.32 Å². The number of carbonyl (C=O) groups is 2. The molecule has 0 aromatic heterocycles. The minimum Gasteiger partial charge on any atom is -0.462 e. The molecule has 3 N–H and O–H groups in total. The van der Waals surface area contributed by atoms with Crippen LogP contribution in [-0.2, 0) is 14.3 Å². The summed E-state index contributed by atoms with van der Waals surface area (Å²) in [5, 5.41) is 23.8. The summed E-state index contributed by atoms with van der Waals surface area (Å²) in [6.07, 6.45) is 65.0. The maximum absolute atomic E-state index is 13.2. The fourth-order valence-corrected chi connectivity index (χ4v) is 7.64. The quantitative estimate of drug-likeness (QED) is 0.0245. The van der Waals surface area contributed by atoms with E-state index in [1.54, 1.807) is 0 Å². The van der Waals surface area contributed by atoms with Crippen molar-refractivity contribution < 1.29 is 24.5 Å². The largest absolute Gasteiger partial charge is 0.462 e. The maximum atomic E-state index is 13.2. The first-order valence-corrected chi connectivity index (χ1v) is 26.4. The molecular weight excluding hydrogens is 779 g/mol. The molecule has 0 aromatic carbocycles. The predicted octanol–water partition coefficient (Wildman–Crippen LogP) is 16.0. The molecular formula is C57H99NO5. The molecule has 362 valence electrons. The number of ether oxygens (including phenoxy) is 1. The van der Waals surface area contributed by atoms with Gasteiger partial charge in [0.1, 0.15) is 6.10 Å². The van der Waals surface area contributed by atoms with Gasteiger partial charge in [-0.1, -0.05) is 247 Å². The Balaban J connectivity index is 4.73. The molecule has 6 nitrogen and oxygen atoms in total. The van der Waals surface area contributed by atoms with Crippen LogP contribution in [-0.4, -0.2) is 46.9 Å². The van der Waals surface area contributed by atoms with Crippen LogP contribution in [0, 0.1) is 0 Å². The summed E-state index contributed by atoms with van der Waals surface area (Å²) in [4.78, 5) is 26.2. The zero-order valence-electron chi connectivity index (χ0n) is 41.2. The highest BCUT2D eigenvalue weighted by Gasteiger charge is 2.24. The number of aliphatic hydroxyl groups is 2. The van der Waals surface area contributed by atoms with Gasteiger partial charge in [0.15, 0.2) is 0 Å². The van der Waals surface area contributed by atoms with Crippen molar-refractivity contribution in [2.75, 3.05) is 6.61 Å². The summed E-state index contributed by atoms with van der Waals surface area (Å²) in [5.41, 5.74) is 0. The number of nitrogens with one attached hydrogen (secondary N) is 1. The Bertz CT molecular complexity index is 1210. The molecule has 0 saturated heterocycles. The zero-order chi connectivity index (χ0) is 45.9. The average Bonchev–Trinajstić information content (AvgIpc) is 3.28. The Labute approximate surface area is 389 Å². The average molecular weight is 878 g/mol. The molecule has 3 unspecified atom stereocenters.